The third kappa shape index (κ3) is 5.32. The highest BCUT2D eigenvalue weighted by atomic mass is 16.3. The molecule has 0 aromatic heterocycles. The molecule has 0 atom stereocenters. The average molecular weight is 400 g/mol. The number of carbonyl (C=O) groups excluding carboxylic acids is 1. The van der Waals surface area contributed by atoms with Gasteiger partial charge in [-0.2, -0.15) is 0 Å². The zero-order valence-corrected chi connectivity index (χ0v) is 17.6. The van der Waals surface area contributed by atoms with E-state index in [4.69, 9.17) is 5.11 Å². The Morgan fingerprint density at radius 3 is 2.38 bits per heavy atom. The molecule has 0 radical (unpaired) electrons. The first-order valence-electron chi connectivity index (χ1n) is 11.6. The number of anilines is 1. The van der Waals surface area contributed by atoms with E-state index >= 15 is 0 Å². The quantitative estimate of drug-likeness (QED) is 0.430. The molecule has 0 aliphatic heterocycles. The highest BCUT2D eigenvalue weighted by molar-refractivity contribution is 5.95. The zero-order valence-electron chi connectivity index (χ0n) is 17.6. The van der Waals surface area contributed by atoms with Crippen molar-refractivity contribution in [3.8, 4) is 0 Å². The molecule has 0 heterocycles. The minimum Gasteiger partial charge on any atom is -0.396 e. The van der Waals surface area contributed by atoms with Gasteiger partial charge in [-0.05, 0) is 106 Å². The normalized spacial score (nSPS) is 29.8. The van der Waals surface area contributed by atoms with Crippen LogP contribution in [0.2, 0.25) is 0 Å². The summed E-state index contributed by atoms with van der Waals surface area (Å²) in [5, 5.41) is 18.8. The maximum Gasteiger partial charge on any atom is 0.251 e. The summed E-state index contributed by atoms with van der Waals surface area (Å²) in [6.45, 7) is 3.74. The maximum absolute atomic E-state index is 12.8. The largest absolute Gasteiger partial charge is 0.396 e. The number of carbonyl (C=O) groups is 1. The molecule has 4 aliphatic rings. The molecule has 5 nitrogen and oxygen atoms in total. The van der Waals surface area contributed by atoms with Gasteiger partial charge >= 0.3 is 0 Å². The van der Waals surface area contributed by atoms with Crippen LogP contribution in [-0.2, 0) is 0 Å². The van der Waals surface area contributed by atoms with E-state index < -0.39 is 0 Å². The number of aliphatic hydroxyl groups excluding tert-OH is 1. The molecule has 1 amide bonds. The van der Waals surface area contributed by atoms with Crippen molar-refractivity contribution in [2.45, 2.75) is 51.4 Å². The van der Waals surface area contributed by atoms with E-state index in [0.29, 0.717) is 5.41 Å². The van der Waals surface area contributed by atoms with Gasteiger partial charge in [0.2, 0.25) is 0 Å². The Hall–Kier alpha value is -1.59. The third-order valence-electron chi connectivity index (χ3n) is 7.28. The molecule has 0 saturated heterocycles. The van der Waals surface area contributed by atoms with Crippen LogP contribution >= 0.6 is 0 Å². The minimum atomic E-state index is 0.0649. The predicted octanol–water partition coefficient (Wildman–Crippen LogP) is 3.41. The highest BCUT2D eigenvalue weighted by Crippen LogP contribution is 2.59. The molecule has 1 aromatic carbocycles. The number of hydrogen-bond acceptors (Lipinski definition) is 4. The second-order valence-electron chi connectivity index (χ2n) is 9.79. The topological polar surface area (TPSA) is 73.4 Å². The zero-order chi connectivity index (χ0) is 20.1. The van der Waals surface area contributed by atoms with E-state index in [1.54, 1.807) is 0 Å². The van der Waals surface area contributed by atoms with E-state index in [0.717, 1.165) is 68.0 Å². The fourth-order valence-corrected chi connectivity index (χ4v) is 6.42. The van der Waals surface area contributed by atoms with Gasteiger partial charge in [0.1, 0.15) is 0 Å². The van der Waals surface area contributed by atoms with E-state index in [1.165, 1.54) is 38.5 Å². The lowest BCUT2D eigenvalue weighted by atomic mass is 9.49. The molecule has 4 N–H and O–H groups in total. The molecule has 29 heavy (non-hydrogen) atoms. The fourth-order valence-electron chi connectivity index (χ4n) is 6.42. The van der Waals surface area contributed by atoms with Crippen molar-refractivity contribution in [3.63, 3.8) is 0 Å². The molecule has 0 unspecified atom stereocenters. The van der Waals surface area contributed by atoms with Crippen LogP contribution in [0.5, 0.6) is 0 Å². The van der Waals surface area contributed by atoms with Crippen molar-refractivity contribution in [1.29, 1.82) is 0 Å². The molecular formula is C24H37N3O2. The first-order valence-corrected chi connectivity index (χ1v) is 11.6. The lowest BCUT2D eigenvalue weighted by Gasteiger charge is -2.56. The van der Waals surface area contributed by atoms with Gasteiger partial charge in [-0.1, -0.05) is 6.07 Å². The Kier molecular flexibility index (Phi) is 6.76. The summed E-state index contributed by atoms with van der Waals surface area (Å²) in [5.74, 6) is 2.83. The standard InChI is InChI=1S/C24H37N3O2/c28-9-3-7-25-6-2-8-26-22-5-1-4-21(13-22)23(29)27-17-24-14-18-10-19(15-24)12-20(11-18)16-24/h1,4-5,13,18-20,25-26,28H,2-3,6-12,14-17H2,(H,27,29). The van der Waals surface area contributed by atoms with Crippen molar-refractivity contribution in [2.24, 2.45) is 23.2 Å². The smallest absolute Gasteiger partial charge is 0.251 e. The van der Waals surface area contributed by atoms with Crippen molar-refractivity contribution >= 4 is 11.6 Å². The number of hydrogen-bond donors (Lipinski definition) is 4. The number of amides is 1. The van der Waals surface area contributed by atoms with Gasteiger partial charge in [-0.15, -0.1) is 0 Å². The lowest BCUT2D eigenvalue weighted by molar-refractivity contribution is -0.0503. The third-order valence-corrected chi connectivity index (χ3v) is 7.28. The van der Waals surface area contributed by atoms with Crippen LogP contribution in [0.15, 0.2) is 24.3 Å². The predicted molar refractivity (Wildman–Crippen MR) is 117 cm³/mol. The van der Waals surface area contributed by atoms with Gasteiger partial charge in [0.15, 0.2) is 0 Å². The van der Waals surface area contributed by atoms with Gasteiger partial charge in [-0.25, -0.2) is 0 Å². The average Bonchev–Trinajstić information content (AvgIpc) is 2.71. The summed E-state index contributed by atoms with van der Waals surface area (Å²) in [4.78, 5) is 12.8. The summed E-state index contributed by atoms with van der Waals surface area (Å²) >= 11 is 0. The highest BCUT2D eigenvalue weighted by Gasteiger charge is 2.50. The molecule has 4 aliphatic carbocycles. The summed E-state index contributed by atoms with van der Waals surface area (Å²) in [6.07, 6.45) is 10.1. The molecule has 1 aromatic rings. The van der Waals surface area contributed by atoms with Gasteiger partial charge in [0.25, 0.3) is 5.91 Å². The molecule has 5 rings (SSSR count). The monoisotopic (exact) mass is 399 g/mol. The van der Waals surface area contributed by atoms with Crippen LogP contribution in [0.25, 0.3) is 0 Å². The summed E-state index contributed by atoms with van der Waals surface area (Å²) in [5.41, 5.74) is 2.13. The van der Waals surface area contributed by atoms with E-state index in [1.807, 2.05) is 24.3 Å². The maximum atomic E-state index is 12.8. The van der Waals surface area contributed by atoms with Gasteiger partial charge in [0.05, 0.1) is 0 Å². The molecule has 4 bridgehead atoms. The summed E-state index contributed by atoms with van der Waals surface area (Å²) in [7, 11) is 0. The summed E-state index contributed by atoms with van der Waals surface area (Å²) < 4.78 is 0. The minimum absolute atomic E-state index is 0.0649. The number of nitrogens with one attached hydrogen (secondary N) is 3. The second-order valence-corrected chi connectivity index (χ2v) is 9.79. The Labute approximate surface area is 175 Å². The Bertz CT molecular complexity index is 655. The van der Waals surface area contributed by atoms with E-state index in [2.05, 4.69) is 16.0 Å². The second kappa shape index (κ2) is 9.48. The van der Waals surface area contributed by atoms with Crippen molar-refractivity contribution in [2.75, 3.05) is 38.1 Å². The number of benzene rings is 1. The van der Waals surface area contributed by atoms with Gasteiger partial charge in [0, 0.05) is 30.9 Å². The van der Waals surface area contributed by atoms with Crippen LogP contribution in [0.1, 0.15) is 61.7 Å². The van der Waals surface area contributed by atoms with Crippen LogP contribution in [0, 0.1) is 23.2 Å². The summed E-state index contributed by atoms with van der Waals surface area (Å²) in [6, 6.07) is 7.86. The van der Waals surface area contributed by atoms with Gasteiger partial charge < -0.3 is 21.1 Å². The Morgan fingerprint density at radius 1 is 1.00 bits per heavy atom. The first kappa shape index (κ1) is 20.7. The first-order chi connectivity index (χ1) is 14.2. The Morgan fingerprint density at radius 2 is 1.69 bits per heavy atom. The van der Waals surface area contributed by atoms with E-state index in [9.17, 15) is 4.79 Å². The van der Waals surface area contributed by atoms with Crippen LogP contribution in [0.3, 0.4) is 0 Å². The van der Waals surface area contributed by atoms with Crippen molar-refractivity contribution in [1.82, 2.24) is 10.6 Å². The number of rotatable bonds is 11. The van der Waals surface area contributed by atoms with Crippen LogP contribution < -0.4 is 16.0 Å². The van der Waals surface area contributed by atoms with Crippen molar-refractivity contribution < 1.29 is 9.90 Å². The molecular weight excluding hydrogens is 362 g/mol. The van der Waals surface area contributed by atoms with Crippen LogP contribution in [0.4, 0.5) is 5.69 Å². The van der Waals surface area contributed by atoms with Gasteiger partial charge in [-0.3, -0.25) is 4.79 Å². The lowest BCUT2D eigenvalue weighted by Crippen LogP contribution is -2.51. The van der Waals surface area contributed by atoms with E-state index in [-0.39, 0.29) is 12.5 Å². The molecule has 160 valence electrons. The molecule has 4 saturated carbocycles. The SMILES string of the molecule is O=C(NCC12CC3CC(CC(C3)C1)C2)c1cccc(NCCCNCCCO)c1. The molecule has 5 heteroatoms. The van der Waals surface area contributed by atoms with Crippen LogP contribution in [-0.4, -0.2) is 43.8 Å². The number of aliphatic hydroxyl groups is 1. The van der Waals surface area contributed by atoms with Crippen molar-refractivity contribution in [3.05, 3.63) is 29.8 Å². The Balaban J connectivity index is 1.23. The fraction of sp³-hybridized carbons (Fsp3) is 0.708. The molecule has 0 spiro atoms. The molecule has 4 fully saturated rings.